The van der Waals surface area contributed by atoms with Crippen LogP contribution in [0.1, 0.15) is 20.3 Å². The Balaban J connectivity index is 2.80. The molecule has 0 aromatic heterocycles. The smallest absolute Gasteiger partial charge is 0.375 e. The van der Waals surface area contributed by atoms with Gasteiger partial charge in [0, 0.05) is 12.2 Å². The number of hydrogen-bond acceptors (Lipinski definition) is 4. The Labute approximate surface area is 113 Å². The van der Waals surface area contributed by atoms with Crippen molar-refractivity contribution in [2.75, 3.05) is 18.0 Å². The van der Waals surface area contributed by atoms with Gasteiger partial charge < -0.3 is 10.5 Å². The quantitative estimate of drug-likeness (QED) is 0.653. The van der Waals surface area contributed by atoms with Crippen LogP contribution in [0.4, 0.5) is 10.5 Å². The molecule has 1 rings (SSSR count). The molecule has 0 atom stereocenters. The lowest BCUT2D eigenvalue weighted by molar-refractivity contribution is -0.135. The van der Waals surface area contributed by atoms with Crippen molar-refractivity contribution >= 4 is 17.7 Å². The number of nitrogens with two attached hydrogens (primary N) is 1. The van der Waals surface area contributed by atoms with Crippen LogP contribution in [0.15, 0.2) is 30.3 Å². The molecule has 0 radical (unpaired) electrons. The molecule has 5 nitrogen and oxygen atoms in total. The molecule has 19 heavy (non-hydrogen) atoms. The number of carbonyl (C=O) groups is 2. The summed E-state index contributed by atoms with van der Waals surface area (Å²) in [6.07, 6.45) is 0.142. The number of rotatable bonds is 5. The van der Waals surface area contributed by atoms with Crippen LogP contribution in [-0.4, -0.2) is 25.2 Å². The Bertz CT molecular complexity index is 418. The molecule has 104 valence electrons. The zero-order valence-corrected chi connectivity index (χ0v) is 11.3. The third-order valence-corrected chi connectivity index (χ3v) is 2.59. The first-order valence-electron chi connectivity index (χ1n) is 6.32. The molecular formula is C14H20N2O3. The average molecular weight is 264 g/mol. The van der Waals surface area contributed by atoms with E-state index in [4.69, 9.17) is 5.73 Å². The maximum atomic E-state index is 12.0. The Morgan fingerprint density at radius 3 is 2.42 bits per heavy atom. The highest BCUT2D eigenvalue weighted by atomic mass is 16.6. The van der Waals surface area contributed by atoms with E-state index in [0.29, 0.717) is 18.2 Å². The molecule has 0 spiro atoms. The van der Waals surface area contributed by atoms with Crippen molar-refractivity contribution in [1.29, 1.82) is 0 Å². The molecule has 0 aliphatic heterocycles. The van der Waals surface area contributed by atoms with Gasteiger partial charge in [0.2, 0.25) is 0 Å². The number of carbonyl (C=O) groups excluding carboxylic acids is 2. The standard InChI is InChI=1S/C14H20N2O3/c1-11(2)8-9-16(12-6-4-3-5-7-12)14(18)19-13(17)10-15/h3-7,11H,8-10,15H2,1-2H3. The van der Waals surface area contributed by atoms with Crippen molar-refractivity contribution in [3.05, 3.63) is 30.3 Å². The van der Waals surface area contributed by atoms with Crippen LogP contribution in [0.5, 0.6) is 0 Å². The molecule has 1 amide bonds. The molecule has 0 saturated carbocycles. The Morgan fingerprint density at radius 2 is 1.89 bits per heavy atom. The van der Waals surface area contributed by atoms with Gasteiger partial charge in [0.15, 0.2) is 0 Å². The maximum Gasteiger partial charge on any atom is 0.422 e. The molecule has 0 bridgehead atoms. The highest BCUT2D eigenvalue weighted by Gasteiger charge is 2.19. The second-order valence-electron chi connectivity index (χ2n) is 4.61. The first-order chi connectivity index (χ1) is 9.04. The number of amides is 1. The predicted molar refractivity (Wildman–Crippen MR) is 73.8 cm³/mol. The third kappa shape index (κ3) is 5.09. The Morgan fingerprint density at radius 1 is 1.26 bits per heavy atom. The minimum atomic E-state index is -0.726. The molecule has 5 heteroatoms. The van der Waals surface area contributed by atoms with Crippen molar-refractivity contribution < 1.29 is 14.3 Å². The first-order valence-corrected chi connectivity index (χ1v) is 6.32. The lowest BCUT2D eigenvalue weighted by Crippen LogP contribution is -2.36. The predicted octanol–water partition coefficient (Wildman–Crippen LogP) is 2.16. The molecular weight excluding hydrogens is 244 g/mol. The zero-order valence-electron chi connectivity index (χ0n) is 11.3. The second kappa shape index (κ2) is 7.53. The van der Waals surface area contributed by atoms with E-state index in [1.807, 2.05) is 18.2 Å². The molecule has 1 aromatic rings. The summed E-state index contributed by atoms with van der Waals surface area (Å²) in [6.45, 7) is 4.33. The van der Waals surface area contributed by atoms with E-state index in [-0.39, 0.29) is 6.54 Å². The van der Waals surface area contributed by atoms with Crippen LogP contribution in [-0.2, 0) is 9.53 Å². The van der Waals surface area contributed by atoms with Crippen molar-refractivity contribution in [3.63, 3.8) is 0 Å². The van der Waals surface area contributed by atoms with E-state index < -0.39 is 12.1 Å². The third-order valence-electron chi connectivity index (χ3n) is 2.59. The summed E-state index contributed by atoms with van der Waals surface area (Å²) in [5.74, 6) is -0.278. The molecule has 0 fully saturated rings. The summed E-state index contributed by atoms with van der Waals surface area (Å²) in [5, 5.41) is 0. The highest BCUT2D eigenvalue weighted by Crippen LogP contribution is 2.16. The van der Waals surface area contributed by atoms with Crippen molar-refractivity contribution in [1.82, 2.24) is 0 Å². The Hall–Kier alpha value is -1.88. The molecule has 1 aromatic carbocycles. The lowest BCUT2D eigenvalue weighted by atomic mass is 10.1. The second-order valence-corrected chi connectivity index (χ2v) is 4.61. The van der Waals surface area contributed by atoms with E-state index in [2.05, 4.69) is 18.6 Å². The summed E-state index contributed by atoms with van der Waals surface area (Å²) >= 11 is 0. The van der Waals surface area contributed by atoms with Gasteiger partial charge in [0.1, 0.15) is 0 Å². The average Bonchev–Trinajstić information content (AvgIpc) is 2.39. The summed E-state index contributed by atoms with van der Waals surface area (Å²) in [7, 11) is 0. The van der Waals surface area contributed by atoms with Crippen molar-refractivity contribution in [2.45, 2.75) is 20.3 Å². The minimum Gasteiger partial charge on any atom is -0.375 e. The highest BCUT2D eigenvalue weighted by molar-refractivity contribution is 5.95. The van der Waals surface area contributed by atoms with E-state index in [0.717, 1.165) is 6.42 Å². The molecule has 0 unspecified atom stereocenters. The van der Waals surface area contributed by atoms with Gasteiger partial charge in [-0.15, -0.1) is 0 Å². The summed E-state index contributed by atoms with van der Waals surface area (Å²) in [6, 6.07) is 9.12. The van der Waals surface area contributed by atoms with Crippen LogP contribution in [0.2, 0.25) is 0 Å². The molecule has 0 heterocycles. The summed E-state index contributed by atoms with van der Waals surface area (Å²) in [5.41, 5.74) is 5.84. The van der Waals surface area contributed by atoms with Gasteiger partial charge in [-0.3, -0.25) is 9.69 Å². The van der Waals surface area contributed by atoms with E-state index in [1.54, 1.807) is 12.1 Å². The number of ether oxygens (including phenoxy) is 1. The van der Waals surface area contributed by atoms with Gasteiger partial charge >= 0.3 is 12.1 Å². The van der Waals surface area contributed by atoms with Crippen LogP contribution >= 0.6 is 0 Å². The van der Waals surface area contributed by atoms with Crippen LogP contribution in [0.25, 0.3) is 0 Å². The van der Waals surface area contributed by atoms with E-state index in [1.165, 1.54) is 4.90 Å². The van der Waals surface area contributed by atoms with Crippen molar-refractivity contribution in [2.24, 2.45) is 11.7 Å². The zero-order chi connectivity index (χ0) is 14.3. The summed E-state index contributed by atoms with van der Waals surface area (Å²) < 4.78 is 4.67. The lowest BCUT2D eigenvalue weighted by Gasteiger charge is -2.22. The SMILES string of the molecule is CC(C)CCN(C(=O)OC(=O)CN)c1ccccc1. The molecule has 0 saturated heterocycles. The number of esters is 1. The normalized spacial score (nSPS) is 10.3. The van der Waals surface area contributed by atoms with Gasteiger partial charge in [0.05, 0.1) is 6.54 Å². The first kappa shape index (κ1) is 15.2. The van der Waals surface area contributed by atoms with Gasteiger partial charge in [-0.25, -0.2) is 4.79 Å². The maximum absolute atomic E-state index is 12.0. The van der Waals surface area contributed by atoms with Gasteiger partial charge in [-0.1, -0.05) is 32.0 Å². The molecule has 2 N–H and O–H groups in total. The van der Waals surface area contributed by atoms with Crippen LogP contribution < -0.4 is 10.6 Å². The minimum absolute atomic E-state index is 0.307. The van der Waals surface area contributed by atoms with Crippen LogP contribution in [0, 0.1) is 5.92 Å². The van der Waals surface area contributed by atoms with Gasteiger partial charge in [-0.05, 0) is 24.5 Å². The summed E-state index contributed by atoms with van der Waals surface area (Å²) in [4.78, 5) is 24.5. The monoisotopic (exact) mass is 264 g/mol. The molecule has 0 aliphatic carbocycles. The van der Waals surface area contributed by atoms with Gasteiger partial charge in [0.25, 0.3) is 0 Å². The Kier molecular flexibility index (Phi) is 6.02. The fourth-order valence-electron chi connectivity index (χ4n) is 1.52. The van der Waals surface area contributed by atoms with Crippen LogP contribution in [0.3, 0.4) is 0 Å². The molecule has 0 aliphatic rings. The number of nitrogens with zero attached hydrogens (tertiary/aromatic N) is 1. The van der Waals surface area contributed by atoms with Crippen molar-refractivity contribution in [3.8, 4) is 0 Å². The van der Waals surface area contributed by atoms with E-state index in [9.17, 15) is 9.59 Å². The number of para-hydroxylation sites is 1. The fourth-order valence-corrected chi connectivity index (χ4v) is 1.52. The number of hydrogen-bond donors (Lipinski definition) is 1. The topological polar surface area (TPSA) is 72.6 Å². The number of benzene rings is 1. The largest absolute Gasteiger partial charge is 0.422 e. The number of anilines is 1. The van der Waals surface area contributed by atoms with E-state index >= 15 is 0 Å². The fraction of sp³-hybridized carbons (Fsp3) is 0.429. The van der Waals surface area contributed by atoms with Gasteiger partial charge in [-0.2, -0.15) is 0 Å².